The van der Waals surface area contributed by atoms with Crippen LogP contribution in [0.25, 0.3) is 0 Å². The lowest BCUT2D eigenvalue weighted by Crippen LogP contribution is -2.40. The lowest BCUT2D eigenvalue weighted by Gasteiger charge is -2.34. The number of aryl methyl sites for hydroxylation is 1. The summed E-state index contributed by atoms with van der Waals surface area (Å²) in [7, 11) is 0. The molecule has 0 bridgehead atoms. The molecular weight excluding hydrogens is 268 g/mol. The van der Waals surface area contributed by atoms with Gasteiger partial charge in [-0.3, -0.25) is 4.79 Å². The number of nitrogens with one attached hydrogen (secondary N) is 1. The van der Waals surface area contributed by atoms with Crippen LogP contribution in [0.4, 0.5) is 0 Å². The maximum absolute atomic E-state index is 11.9. The van der Waals surface area contributed by atoms with Gasteiger partial charge in [0.1, 0.15) is 0 Å². The molecule has 2 atom stereocenters. The molecule has 0 radical (unpaired) electrons. The number of carbonyl (C=O) groups is 1. The van der Waals surface area contributed by atoms with Gasteiger partial charge in [-0.15, -0.1) is 11.3 Å². The number of thiophene rings is 1. The van der Waals surface area contributed by atoms with Crippen LogP contribution in [0.1, 0.15) is 41.2 Å². The van der Waals surface area contributed by atoms with E-state index in [9.17, 15) is 4.79 Å². The second-order valence-corrected chi connectivity index (χ2v) is 7.51. The van der Waals surface area contributed by atoms with E-state index in [1.54, 1.807) is 11.3 Å². The standard InChI is InChI=1S/C16H26N2OS/c1-12-9-13(2)11-18(10-12)8-4-7-17-16(19)15-6-5-14(3)20-15/h5-6,12-13H,4,7-11H2,1-3H3,(H,17,19)/t12-,13-/m0/s1. The summed E-state index contributed by atoms with van der Waals surface area (Å²) in [4.78, 5) is 16.4. The first kappa shape index (κ1) is 15.5. The smallest absolute Gasteiger partial charge is 0.261 e. The minimum absolute atomic E-state index is 0.0727. The highest BCUT2D eigenvalue weighted by atomic mass is 32.1. The molecule has 0 aromatic carbocycles. The molecule has 1 aromatic rings. The van der Waals surface area contributed by atoms with Gasteiger partial charge in [0.05, 0.1) is 4.88 Å². The average Bonchev–Trinajstić information content (AvgIpc) is 2.80. The fourth-order valence-corrected chi connectivity index (χ4v) is 3.91. The Morgan fingerprint density at radius 1 is 1.35 bits per heavy atom. The Labute approximate surface area is 126 Å². The number of hydrogen-bond acceptors (Lipinski definition) is 3. The van der Waals surface area contributed by atoms with Crippen LogP contribution >= 0.6 is 11.3 Å². The summed E-state index contributed by atoms with van der Waals surface area (Å²) in [6, 6.07) is 3.90. The highest BCUT2D eigenvalue weighted by Crippen LogP contribution is 2.20. The molecule has 1 aromatic heterocycles. The lowest BCUT2D eigenvalue weighted by atomic mass is 9.92. The van der Waals surface area contributed by atoms with Gasteiger partial charge in [-0.25, -0.2) is 0 Å². The summed E-state index contributed by atoms with van der Waals surface area (Å²) in [5.74, 6) is 1.69. The number of hydrogen-bond donors (Lipinski definition) is 1. The van der Waals surface area contributed by atoms with Gasteiger partial charge in [0, 0.05) is 24.5 Å². The van der Waals surface area contributed by atoms with E-state index in [1.807, 2.05) is 19.1 Å². The van der Waals surface area contributed by atoms with E-state index in [0.717, 1.165) is 36.2 Å². The maximum atomic E-state index is 11.9. The molecule has 0 spiro atoms. The van der Waals surface area contributed by atoms with E-state index in [4.69, 9.17) is 0 Å². The van der Waals surface area contributed by atoms with Crippen LogP contribution in [0.3, 0.4) is 0 Å². The molecule has 2 rings (SSSR count). The third-order valence-corrected chi connectivity index (χ3v) is 4.84. The van der Waals surface area contributed by atoms with Gasteiger partial charge in [-0.2, -0.15) is 0 Å². The summed E-state index contributed by atoms with van der Waals surface area (Å²) < 4.78 is 0. The third kappa shape index (κ3) is 4.60. The highest BCUT2D eigenvalue weighted by Gasteiger charge is 2.21. The Balaban J connectivity index is 1.65. The minimum atomic E-state index is 0.0727. The monoisotopic (exact) mass is 294 g/mol. The number of carbonyl (C=O) groups excluding carboxylic acids is 1. The van der Waals surface area contributed by atoms with E-state index >= 15 is 0 Å². The molecule has 1 amide bonds. The van der Waals surface area contributed by atoms with Crippen LogP contribution in [0.2, 0.25) is 0 Å². The van der Waals surface area contributed by atoms with Crippen molar-refractivity contribution in [2.24, 2.45) is 11.8 Å². The van der Waals surface area contributed by atoms with Crippen molar-refractivity contribution < 1.29 is 4.79 Å². The Hall–Kier alpha value is -0.870. The van der Waals surface area contributed by atoms with Crippen molar-refractivity contribution in [1.29, 1.82) is 0 Å². The summed E-state index contributed by atoms with van der Waals surface area (Å²) in [6.07, 6.45) is 2.39. The van der Waals surface area contributed by atoms with Crippen LogP contribution in [0, 0.1) is 18.8 Å². The van der Waals surface area contributed by atoms with E-state index in [0.29, 0.717) is 0 Å². The number of piperidine rings is 1. The SMILES string of the molecule is Cc1ccc(C(=O)NCCCN2C[C@@H](C)C[C@H](C)C2)s1. The number of rotatable bonds is 5. The average molecular weight is 294 g/mol. The Kier molecular flexibility index (Phi) is 5.61. The number of likely N-dealkylation sites (tertiary alicyclic amines) is 1. The summed E-state index contributed by atoms with van der Waals surface area (Å²) in [6.45, 7) is 11.0. The van der Waals surface area contributed by atoms with Crippen LogP contribution < -0.4 is 5.32 Å². The van der Waals surface area contributed by atoms with Gasteiger partial charge in [-0.05, 0) is 50.3 Å². The van der Waals surface area contributed by atoms with E-state index < -0.39 is 0 Å². The van der Waals surface area contributed by atoms with Gasteiger partial charge in [0.25, 0.3) is 5.91 Å². The van der Waals surface area contributed by atoms with E-state index in [2.05, 4.69) is 24.1 Å². The van der Waals surface area contributed by atoms with Crippen molar-refractivity contribution in [3.8, 4) is 0 Å². The van der Waals surface area contributed by atoms with E-state index in [-0.39, 0.29) is 5.91 Å². The molecule has 20 heavy (non-hydrogen) atoms. The number of nitrogens with zero attached hydrogens (tertiary/aromatic N) is 1. The summed E-state index contributed by atoms with van der Waals surface area (Å²) in [5, 5.41) is 3.02. The van der Waals surface area contributed by atoms with Gasteiger partial charge in [0.15, 0.2) is 0 Å². The molecule has 0 saturated carbocycles. The molecule has 1 aliphatic rings. The molecular formula is C16H26N2OS. The van der Waals surface area contributed by atoms with Crippen molar-refractivity contribution in [3.05, 3.63) is 21.9 Å². The topological polar surface area (TPSA) is 32.3 Å². The van der Waals surface area contributed by atoms with Gasteiger partial charge in [-0.1, -0.05) is 13.8 Å². The van der Waals surface area contributed by atoms with Crippen LogP contribution in [0.5, 0.6) is 0 Å². The Morgan fingerprint density at radius 2 is 2.05 bits per heavy atom. The fraction of sp³-hybridized carbons (Fsp3) is 0.688. The summed E-state index contributed by atoms with van der Waals surface area (Å²) >= 11 is 1.56. The Morgan fingerprint density at radius 3 is 2.65 bits per heavy atom. The second kappa shape index (κ2) is 7.23. The first-order valence-corrected chi connectivity index (χ1v) is 8.43. The zero-order valence-electron chi connectivity index (χ0n) is 12.8. The molecule has 0 unspecified atom stereocenters. The maximum Gasteiger partial charge on any atom is 0.261 e. The van der Waals surface area contributed by atoms with Crippen LogP contribution in [-0.2, 0) is 0 Å². The van der Waals surface area contributed by atoms with Gasteiger partial charge < -0.3 is 10.2 Å². The molecule has 3 nitrogen and oxygen atoms in total. The normalized spacial score (nSPS) is 23.8. The second-order valence-electron chi connectivity index (χ2n) is 6.23. The Bertz CT molecular complexity index is 433. The van der Waals surface area contributed by atoms with Crippen molar-refractivity contribution in [1.82, 2.24) is 10.2 Å². The molecule has 112 valence electrons. The predicted octanol–water partition coefficient (Wildman–Crippen LogP) is 3.15. The van der Waals surface area contributed by atoms with E-state index in [1.165, 1.54) is 24.4 Å². The quantitative estimate of drug-likeness (QED) is 0.846. The van der Waals surface area contributed by atoms with Crippen molar-refractivity contribution in [2.45, 2.75) is 33.6 Å². The molecule has 1 saturated heterocycles. The zero-order valence-corrected chi connectivity index (χ0v) is 13.6. The first-order valence-electron chi connectivity index (χ1n) is 7.61. The van der Waals surface area contributed by atoms with Crippen molar-refractivity contribution in [3.63, 3.8) is 0 Å². The molecule has 0 aliphatic carbocycles. The van der Waals surface area contributed by atoms with Crippen LogP contribution in [0.15, 0.2) is 12.1 Å². The third-order valence-electron chi connectivity index (χ3n) is 3.85. The van der Waals surface area contributed by atoms with Gasteiger partial charge in [0.2, 0.25) is 0 Å². The van der Waals surface area contributed by atoms with Gasteiger partial charge >= 0.3 is 0 Å². The zero-order chi connectivity index (χ0) is 14.5. The van der Waals surface area contributed by atoms with Crippen molar-refractivity contribution in [2.75, 3.05) is 26.2 Å². The molecule has 1 fully saturated rings. The molecule has 1 aliphatic heterocycles. The highest BCUT2D eigenvalue weighted by molar-refractivity contribution is 7.13. The van der Waals surface area contributed by atoms with Crippen molar-refractivity contribution >= 4 is 17.2 Å². The largest absolute Gasteiger partial charge is 0.351 e. The molecule has 1 N–H and O–H groups in total. The van der Waals surface area contributed by atoms with Crippen LogP contribution in [-0.4, -0.2) is 37.0 Å². The molecule has 2 heterocycles. The summed E-state index contributed by atoms with van der Waals surface area (Å²) in [5.41, 5.74) is 0. The first-order chi connectivity index (χ1) is 9.54. The molecule has 4 heteroatoms. The minimum Gasteiger partial charge on any atom is -0.351 e. The fourth-order valence-electron chi connectivity index (χ4n) is 3.12. The predicted molar refractivity (Wildman–Crippen MR) is 85.4 cm³/mol. The number of amides is 1. The lowest BCUT2D eigenvalue weighted by molar-refractivity contribution is 0.0951.